The van der Waals surface area contributed by atoms with Gasteiger partial charge in [0.25, 0.3) is 0 Å². The number of hydrogen-bond donors (Lipinski definition) is 0. The Balaban J connectivity index is 2.24. The van der Waals surface area contributed by atoms with E-state index in [1.165, 1.54) is 0 Å². The van der Waals surface area contributed by atoms with E-state index in [2.05, 4.69) is 28.5 Å². The minimum absolute atomic E-state index is 0.120. The standard InChI is InChI=1S/C13H12ClIO3/c1-2-7-16-13(17-8-12(15)9-18-13)10-3-5-11(14)6-4-10/h1,3-6,12H,7-9H2. The van der Waals surface area contributed by atoms with E-state index in [0.717, 1.165) is 5.56 Å². The zero-order valence-corrected chi connectivity index (χ0v) is 12.5. The number of rotatable bonds is 3. The summed E-state index contributed by atoms with van der Waals surface area (Å²) in [6.45, 7) is 1.22. The van der Waals surface area contributed by atoms with Crippen molar-refractivity contribution in [2.45, 2.75) is 9.90 Å². The van der Waals surface area contributed by atoms with Crippen LogP contribution in [0.25, 0.3) is 0 Å². The molecule has 0 spiro atoms. The SMILES string of the molecule is C#CCOC1(c2ccc(Cl)cc2)OCC(I)CO1. The largest absolute Gasteiger partial charge is 0.322 e. The lowest BCUT2D eigenvalue weighted by atomic mass is 10.1. The van der Waals surface area contributed by atoms with Gasteiger partial charge < -0.3 is 14.2 Å². The van der Waals surface area contributed by atoms with Crippen LogP contribution in [0.3, 0.4) is 0 Å². The Kier molecular flexibility index (Phi) is 4.87. The van der Waals surface area contributed by atoms with Gasteiger partial charge >= 0.3 is 5.97 Å². The molecule has 96 valence electrons. The van der Waals surface area contributed by atoms with E-state index < -0.39 is 5.97 Å². The normalized spacial score (nSPS) is 27.7. The van der Waals surface area contributed by atoms with Gasteiger partial charge in [0.15, 0.2) is 0 Å². The number of ether oxygens (including phenoxy) is 3. The second-order valence-corrected chi connectivity index (χ2v) is 5.97. The van der Waals surface area contributed by atoms with Gasteiger partial charge in [-0.15, -0.1) is 6.42 Å². The predicted octanol–water partition coefficient (Wildman–Crippen LogP) is 2.95. The van der Waals surface area contributed by atoms with Crippen LogP contribution < -0.4 is 0 Å². The molecule has 2 rings (SSSR count). The van der Waals surface area contributed by atoms with Gasteiger partial charge in [0.1, 0.15) is 6.61 Å². The quantitative estimate of drug-likeness (QED) is 0.460. The second-order valence-electron chi connectivity index (χ2n) is 3.78. The molecule has 1 heterocycles. The summed E-state index contributed by atoms with van der Waals surface area (Å²) in [5.41, 5.74) is 0.755. The molecule has 3 nitrogen and oxygen atoms in total. The summed E-state index contributed by atoms with van der Waals surface area (Å²) in [6.07, 6.45) is 5.23. The Bertz CT molecular complexity index is 433. The van der Waals surface area contributed by atoms with E-state index in [1.807, 2.05) is 12.1 Å². The molecule has 0 atom stereocenters. The minimum atomic E-state index is -1.21. The number of benzene rings is 1. The molecule has 5 heteroatoms. The molecule has 0 aromatic heterocycles. The van der Waals surface area contributed by atoms with Crippen LogP contribution in [-0.2, 0) is 20.2 Å². The zero-order chi connectivity index (χ0) is 13.0. The summed E-state index contributed by atoms with van der Waals surface area (Å²) in [4.78, 5) is 0. The molecule has 0 unspecified atom stereocenters. The van der Waals surface area contributed by atoms with Crippen LogP contribution in [0.5, 0.6) is 0 Å². The fraction of sp³-hybridized carbons (Fsp3) is 0.385. The van der Waals surface area contributed by atoms with Crippen molar-refractivity contribution >= 4 is 34.2 Å². The molecule has 1 aromatic rings. The van der Waals surface area contributed by atoms with Crippen LogP contribution in [0, 0.1) is 12.3 Å². The molecule has 0 amide bonds. The molecule has 1 aromatic carbocycles. The molecule has 0 saturated carbocycles. The first-order chi connectivity index (χ1) is 8.66. The highest BCUT2D eigenvalue weighted by atomic mass is 127. The minimum Gasteiger partial charge on any atom is -0.322 e. The Morgan fingerprint density at radius 3 is 2.56 bits per heavy atom. The zero-order valence-electron chi connectivity index (χ0n) is 9.57. The van der Waals surface area contributed by atoms with Crippen molar-refractivity contribution in [3.63, 3.8) is 0 Å². The third-order valence-electron chi connectivity index (χ3n) is 2.45. The monoisotopic (exact) mass is 378 g/mol. The van der Waals surface area contributed by atoms with Gasteiger partial charge in [-0.05, 0) is 24.3 Å². The summed E-state index contributed by atoms with van der Waals surface area (Å²) < 4.78 is 17.3. The van der Waals surface area contributed by atoms with Gasteiger partial charge in [-0.2, -0.15) is 0 Å². The average molecular weight is 379 g/mol. The van der Waals surface area contributed by atoms with Gasteiger partial charge in [-0.1, -0.05) is 40.1 Å². The summed E-state index contributed by atoms with van der Waals surface area (Å²) in [7, 11) is 0. The maximum atomic E-state index is 5.87. The summed E-state index contributed by atoms with van der Waals surface area (Å²) >= 11 is 8.14. The number of halogens is 2. The molecular formula is C13H12ClIO3. The van der Waals surface area contributed by atoms with E-state index in [4.69, 9.17) is 32.2 Å². The topological polar surface area (TPSA) is 27.7 Å². The van der Waals surface area contributed by atoms with Gasteiger partial charge in [0, 0.05) is 10.6 Å². The van der Waals surface area contributed by atoms with Crippen molar-refractivity contribution in [2.75, 3.05) is 19.8 Å². The molecule has 1 fully saturated rings. The highest BCUT2D eigenvalue weighted by Crippen LogP contribution is 2.34. The van der Waals surface area contributed by atoms with Crippen molar-refractivity contribution in [3.05, 3.63) is 34.9 Å². The molecular weight excluding hydrogens is 366 g/mol. The van der Waals surface area contributed by atoms with Crippen molar-refractivity contribution in [3.8, 4) is 12.3 Å². The summed E-state index contributed by atoms with van der Waals surface area (Å²) in [6, 6.07) is 7.15. The van der Waals surface area contributed by atoms with Gasteiger partial charge in [-0.3, -0.25) is 0 Å². The van der Waals surface area contributed by atoms with Crippen LogP contribution in [0.1, 0.15) is 5.56 Å². The summed E-state index contributed by atoms with van der Waals surface area (Å²) in [5.74, 6) is 1.21. The molecule has 1 aliphatic rings. The van der Waals surface area contributed by atoms with E-state index >= 15 is 0 Å². The molecule has 1 saturated heterocycles. The molecule has 0 radical (unpaired) electrons. The first-order valence-electron chi connectivity index (χ1n) is 5.42. The lowest BCUT2D eigenvalue weighted by Crippen LogP contribution is -2.44. The lowest BCUT2D eigenvalue weighted by Gasteiger charge is -2.37. The third-order valence-corrected chi connectivity index (χ3v) is 3.42. The van der Waals surface area contributed by atoms with Crippen LogP contribution >= 0.6 is 34.2 Å². The third kappa shape index (κ3) is 3.16. The average Bonchev–Trinajstić information content (AvgIpc) is 2.40. The lowest BCUT2D eigenvalue weighted by molar-refractivity contribution is -0.405. The molecule has 0 aliphatic carbocycles. The molecule has 0 N–H and O–H groups in total. The van der Waals surface area contributed by atoms with Crippen molar-refractivity contribution in [1.29, 1.82) is 0 Å². The van der Waals surface area contributed by atoms with Crippen molar-refractivity contribution < 1.29 is 14.2 Å². The van der Waals surface area contributed by atoms with Crippen LogP contribution in [0.4, 0.5) is 0 Å². The number of alkyl halides is 1. The fourth-order valence-corrected chi connectivity index (χ4v) is 2.10. The van der Waals surface area contributed by atoms with Gasteiger partial charge in [0.2, 0.25) is 0 Å². The number of terminal acetylenes is 1. The Morgan fingerprint density at radius 1 is 1.39 bits per heavy atom. The predicted molar refractivity (Wildman–Crippen MR) is 77.6 cm³/mol. The van der Waals surface area contributed by atoms with Crippen LogP contribution in [0.15, 0.2) is 24.3 Å². The van der Waals surface area contributed by atoms with E-state index in [9.17, 15) is 0 Å². The molecule has 1 aliphatic heterocycles. The van der Waals surface area contributed by atoms with E-state index in [1.54, 1.807) is 12.1 Å². The van der Waals surface area contributed by atoms with Crippen molar-refractivity contribution in [2.24, 2.45) is 0 Å². The van der Waals surface area contributed by atoms with Gasteiger partial charge in [-0.25, -0.2) is 0 Å². The van der Waals surface area contributed by atoms with E-state index in [0.29, 0.717) is 22.2 Å². The fourth-order valence-electron chi connectivity index (χ4n) is 1.61. The second kappa shape index (κ2) is 6.22. The van der Waals surface area contributed by atoms with Crippen LogP contribution in [0.2, 0.25) is 5.02 Å². The first kappa shape index (κ1) is 14.1. The summed E-state index contributed by atoms with van der Waals surface area (Å²) in [5, 5.41) is 0.647. The Morgan fingerprint density at radius 2 is 2.00 bits per heavy atom. The highest BCUT2D eigenvalue weighted by molar-refractivity contribution is 14.1. The van der Waals surface area contributed by atoms with Crippen molar-refractivity contribution in [1.82, 2.24) is 0 Å². The maximum Gasteiger partial charge on any atom is 0.312 e. The highest BCUT2D eigenvalue weighted by Gasteiger charge is 2.40. The molecule has 18 heavy (non-hydrogen) atoms. The van der Waals surface area contributed by atoms with Crippen LogP contribution in [-0.4, -0.2) is 23.7 Å². The van der Waals surface area contributed by atoms with Gasteiger partial charge in [0.05, 0.1) is 17.1 Å². The maximum absolute atomic E-state index is 5.87. The van der Waals surface area contributed by atoms with E-state index in [-0.39, 0.29) is 6.61 Å². The number of hydrogen-bond acceptors (Lipinski definition) is 3. The Labute approximate surface area is 125 Å². The smallest absolute Gasteiger partial charge is 0.312 e. The molecule has 0 bridgehead atoms. The Hall–Kier alpha value is -0.320. The first-order valence-corrected chi connectivity index (χ1v) is 7.04.